The molecular formula is C32H30Br2O4. The Bertz CT molecular complexity index is 1320. The van der Waals surface area contributed by atoms with E-state index in [4.69, 9.17) is 0 Å². The van der Waals surface area contributed by atoms with E-state index >= 15 is 0 Å². The van der Waals surface area contributed by atoms with Gasteiger partial charge in [-0.2, -0.15) is 0 Å². The molecule has 4 saturated carbocycles. The van der Waals surface area contributed by atoms with Gasteiger partial charge in [-0.05, 0) is 121 Å². The molecule has 0 amide bonds. The third-order valence-corrected chi connectivity index (χ3v) is 11.5. The minimum absolute atomic E-state index is 0.338. The topological polar surface area (TPSA) is 74.6 Å². The highest BCUT2D eigenvalue weighted by Gasteiger charge is 2.59. The van der Waals surface area contributed by atoms with Gasteiger partial charge in [0.05, 0.1) is 0 Å². The van der Waals surface area contributed by atoms with Crippen LogP contribution in [0.5, 0.6) is 0 Å². The number of hydrogen-bond acceptors (Lipinski definition) is 2. The Balaban J connectivity index is 0.000000127. The molecule has 2 N–H and O–H groups in total. The molecule has 0 radical (unpaired) electrons. The van der Waals surface area contributed by atoms with E-state index in [1.807, 2.05) is 36.4 Å². The average molecular weight is 638 g/mol. The van der Waals surface area contributed by atoms with Gasteiger partial charge in [-0.3, -0.25) is 0 Å². The molecule has 196 valence electrons. The number of carboxylic acid groups (broad SMARTS) is 2. The summed E-state index contributed by atoms with van der Waals surface area (Å²) in [6.07, 6.45) is 7.52. The molecule has 2 aromatic rings. The van der Waals surface area contributed by atoms with Crippen molar-refractivity contribution in [3.63, 3.8) is 0 Å². The summed E-state index contributed by atoms with van der Waals surface area (Å²) in [7, 11) is 0. The van der Waals surface area contributed by atoms with Crippen LogP contribution >= 0.6 is 31.9 Å². The van der Waals surface area contributed by atoms with Crippen LogP contribution in [0, 0.1) is 47.3 Å². The van der Waals surface area contributed by atoms with E-state index in [1.54, 1.807) is 0 Å². The first kappa shape index (κ1) is 24.8. The predicted molar refractivity (Wildman–Crippen MR) is 153 cm³/mol. The molecule has 0 unspecified atom stereocenters. The first-order valence-electron chi connectivity index (χ1n) is 13.8. The number of rotatable bonds is 4. The van der Waals surface area contributed by atoms with E-state index < -0.39 is 11.9 Å². The third-order valence-electron chi connectivity index (χ3n) is 10.5. The minimum Gasteiger partial charge on any atom is -0.478 e. The van der Waals surface area contributed by atoms with Crippen molar-refractivity contribution < 1.29 is 19.8 Å². The minimum atomic E-state index is -0.705. The molecule has 6 heteroatoms. The zero-order valence-corrected chi connectivity index (χ0v) is 24.1. The first-order chi connectivity index (χ1) is 18.3. The molecule has 6 aliphatic rings. The maximum absolute atomic E-state index is 11.6. The highest BCUT2D eigenvalue weighted by molar-refractivity contribution is 9.10. The zero-order valence-electron chi connectivity index (χ0n) is 20.9. The van der Waals surface area contributed by atoms with Crippen LogP contribution in [0.2, 0.25) is 0 Å². The van der Waals surface area contributed by atoms with Crippen molar-refractivity contribution in [2.24, 2.45) is 47.3 Å². The summed E-state index contributed by atoms with van der Waals surface area (Å²) >= 11 is 6.97. The van der Waals surface area contributed by atoms with Gasteiger partial charge in [-0.1, -0.05) is 56.1 Å². The molecule has 4 fully saturated rings. The van der Waals surface area contributed by atoms with Crippen LogP contribution in [0.4, 0.5) is 0 Å². The summed E-state index contributed by atoms with van der Waals surface area (Å²) in [5.74, 6) is 3.02. The van der Waals surface area contributed by atoms with Crippen LogP contribution in [0.25, 0.3) is 11.1 Å². The SMILES string of the molecule is O=C(O)C1=C(c2cccc(Br)c2)[C@H]2[C@@H]3CC[C@@H](C3)[C@@H]12.O=C(O)C1=C(c2cccc(Br)c2)[C@H]2[C@@H]3CC[C@@H](C3)[C@@H]12. The molecule has 8 atom stereocenters. The number of aliphatic carboxylic acids is 2. The van der Waals surface area contributed by atoms with Crippen LogP contribution in [0.1, 0.15) is 49.7 Å². The first-order valence-corrected chi connectivity index (χ1v) is 15.4. The monoisotopic (exact) mass is 636 g/mol. The van der Waals surface area contributed by atoms with Crippen LogP contribution in [0.15, 0.2) is 68.6 Å². The third kappa shape index (κ3) is 3.66. The van der Waals surface area contributed by atoms with E-state index in [9.17, 15) is 19.8 Å². The van der Waals surface area contributed by atoms with E-state index in [2.05, 4.69) is 44.0 Å². The molecule has 0 saturated heterocycles. The lowest BCUT2D eigenvalue weighted by atomic mass is 9.59. The normalized spacial score (nSPS) is 35.2. The fourth-order valence-electron chi connectivity index (χ4n) is 9.29. The molecule has 2 aromatic carbocycles. The van der Waals surface area contributed by atoms with Gasteiger partial charge in [-0.15, -0.1) is 0 Å². The standard InChI is InChI=1S/2C16H15BrO2/c2*17-11-3-1-2-8(7-11)13-12-9-4-5-10(6-9)14(12)15(13)16(18)19/h2*1-3,7,9-10,12,14H,4-6H2,(H,18,19)/t2*9-,10+,12-,14-/m11/s1. The maximum Gasteiger partial charge on any atom is 0.332 e. The summed E-state index contributed by atoms with van der Waals surface area (Å²) in [4.78, 5) is 23.2. The molecule has 0 spiro atoms. The lowest BCUT2D eigenvalue weighted by molar-refractivity contribution is -0.135. The van der Waals surface area contributed by atoms with Crippen LogP contribution in [-0.2, 0) is 9.59 Å². The highest BCUT2D eigenvalue weighted by atomic mass is 79.9. The summed E-state index contributed by atoms with van der Waals surface area (Å²) in [5, 5.41) is 19.1. The Morgan fingerprint density at radius 3 is 1.32 bits per heavy atom. The number of carboxylic acids is 2. The van der Waals surface area contributed by atoms with Gasteiger partial charge in [0, 0.05) is 31.9 Å². The summed E-state index contributed by atoms with van der Waals surface area (Å²) in [6, 6.07) is 16.2. The number of carbonyl (C=O) groups is 2. The fourth-order valence-corrected chi connectivity index (χ4v) is 10.1. The second kappa shape index (κ2) is 9.19. The molecule has 0 aromatic heterocycles. The van der Waals surface area contributed by atoms with Crippen molar-refractivity contribution >= 4 is 54.9 Å². The summed E-state index contributed by atoms with van der Waals surface area (Å²) in [5.41, 5.74) is 5.84. The van der Waals surface area contributed by atoms with Crippen molar-refractivity contribution in [1.29, 1.82) is 0 Å². The lowest BCUT2D eigenvalue weighted by Gasteiger charge is -2.43. The lowest BCUT2D eigenvalue weighted by Crippen LogP contribution is -2.38. The molecule has 0 heterocycles. The van der Waals surface area contributed by atoms with E-state index in [0.717, 1.165) is 43.1 Å². The fraction of sp³-hybridized carbons (Fsp3) is 0.438. The van der Waals surface area contributed by atoms with Gasteiger partial charge in [0.25, 0.3) is 0 Å². The Hall–Kier alpha value is -2.18. The van der Waals surface area contributed by atoms with Crippen LogP contribution in [-0.4, -0.2) is 22.2 Å². The summed E-state index contributed by atoms with van der Waals surface area (Å²) in [6.45, 7) is 0. The average Bonchev–Trinajstić information content (AvgIpc) is 3.58. The van der Waals surface area contributed by atoms with Crippen LogP contribution < -0.4 is 0 Å². The summed E-state index contributed by atoms with van der Waals surface area (Å²) < 4.78 is 2.04. The van der Waals surface area contributed by atoms with Crippen molar-refractivity contribution in [1.82, 2.24) is 0 Å². The van der Waals surface area contributed by atoms with Gasteiger partial charge >= 0.3 is 11.9 Å². The number of hydrogen-bond donors (Lipinski definition) is 2. The quantitative estimate of drug-likeness (QED) is 0.357. The van der Waals surface area contributed by atoms with E-state index in [-0.39, 0.29) is 0 Å². The number of allylic oxidation sites excluding steroid dienone is 2. The largest absolute Gasteiger partial charge is 0.478 e. The number of halogens is 2. The second-order valence-electron chi connectivity index (χ2n) is 12.1. The maximum atomic E-state index is 11.6. The Labute approximate surface area is 239 Å². The van der Waals surface area contributed by atoms with Gasteiger partial charge in [0.2, 0.25) is 0 Å². The number of fused-ring (bicyclic) bond motifs is 10. The molecule has 8 rings (SSSR count). The molecule has 4 bridgehead atoms. The molecular weight excluding hydrogens is 608 g/mol. The smallest absolute Gasteiger partial charge is 0.332 e. The second-order valence-corrected chi connectivity index (χ2v) is 13.9. The van der Waals surface area contributed by atoms with Crippen molar-refractivity contribution in [3.05, 3.63) is 79.7 Å². The van der Waals surface area contributed by atoms with E-state index in [0.29, 0.717) is 46.7 Å². The zero-order chi connectivity index (χ0) is 26.3. The highest BCUT2D eigenvalue weighted by Crippen LogP contribution is 2.67. The molecule has 4 nitrogen and oxygen atoms in total. The Morgan fingerprint density at radius 2 is 0.974 bits per heavy atom. The van der Waals surface area contributed by atoms with Gasteiger partial charge in [0.15, 0.2) is 0 Å². The molecule has 0 aliphatic heterocycles. The van der Waals surface area contributed by atoms with Crippen molar-refractivity contribution in [3.8, 4) is 0 Å². The number of benzene rings is 2. The van der Waals surface area contributed by atoms with Gasteiger partial charge in [0.1, 0.15) is 0 Å². The van der Waals surface area contributed by atoms with E-state index in [1.165, 1.54) is 38.5 Å². The molecule has 6 aliphatic carbocycles. The predicted octanol–water partition coefficient (Wildman–Crippen LogP) is 7.93. The Morgan fingerprint density at radius 1 is 0.605 bits per heavy atom. The van der Waals surface area contributed by atoms with Crippen molar-refractivity contribution in [2.75, 3.05) is 0 Å². The van der Waals surface area contributed by atoms with Gasteiger partial charge < -0.3 is 10.2 Å². The molecule has 38 heavy (non-hydrogen) atoms. The van der Waals surface area contributed by atoms with Gasteiger partial charge in [-0.25, -0.2) is 9.59 Å². The Kier molecular flexibility index (Phi) is 6.01. The van der Waals surface area contributed by atoms with Crippen molar-refractivity contribution in [2.45, 2.75) is 38.5 Å². The van der Waals surface area contributed by atoms with Crippen LogP contribution in [0.3, 0.4) is 0 Å².